The molecule has 0 saturated carbocycles. The number of anilines is 2. The Kier molecular flexibility index (Phi) is 4.95. The molecule has 0 fully saturated rings. The van der Waals surface area contributed by atoms with Gasteiger partial charge in [-0.05, 0) is 48.5 Å². The van der Waals surface area contributed by atoms with Crippen LogP contribution in [0.4, 0.5) is 16.2 Å². The lowest BCUT2D eigenvalue weighted by molar-refractivity contribution is 0.103. The van der Waals surface area contributed by atoms with Crippen molar-refractivity contribution in [2.45, 2.75) is 0 Å². The molecule has 0 heterocycles. The number of carbonyl (C=O) groups excluding carboxylic acids is 2. The number of amides is 2. The number of carbonyl (C=O) groups is 2. The molecule has 4 nitrogen and oxygen atoms in total. The van der Waals surface area contributed by atoms with E-state index >= 15 is 0 Å². The summed E-state index contributed by atoms with van der Waals surface area (Å²) in [5, 5.41) is 0. The number of benzene rings is 3. The minimum atomic E-state index is -0.593. The van der Waals surface area contributed by atoms with Crippen molar-refractivity contribution in [3.8, 4) is 0 Å². The van der Waals surface area contributed by atoms with Crippen LogP contribution in [0.2, 0.25) is 0 Å². The summed E-state index contributed by atoms with van der Waals surface area (Å²) in [4.78, 5) is 25.7. The van der Waals surface area contributed by atoms with Crippen LogP contribution in [0.25, 0.3) is 0 Å². The van der Waals surface area contributed by atoms with Gasteiger partial charge in [-0.15, -0.1) is 0 Å². The Morgan fingerprint density at radius 3 is 1.72 bits per heavy atom. The van der Waals surface area contributed by atoms with Gasteiger partial charge in [-0.1, -0.05) is 46.3 Å². The van der Waals surface area contributed by atoms with Gasteiger partial charge in [-0.3, -0.25) is 9.69 Å². The maximum absolute atomic E-state index is 12.5. The molecule has 0 saturated heterocycles. The fraction of sp³-hybridized carbons (Fsp3) is 0. The molecule has 0 unspecified atom stereocenters. The lowest BCUT2D eigenvalue weighted by atomic mass is 10.0. The molecule has 5 heteroatoms. The molecule has 0 aromatic heterocycles. The number of halogens is 1. The highest BCUT2D eigenvalue weighted by atomic mass is 79.9. The summed E-state index contributed by atoms with van der Waals surface area (Å²) in [7, 11) is 0. The number of urea groups is 1. The van der Waals surface area contributed by atoms with Crippen LogP contribution in [0.5, 0.6) is 0 Å². The van der Waals surface area contributed by atoms with Crippen LogP contribution >= 0.6 is 15.9 Å². The second-order valence-corrected chi connectivity index (χ2v) is 6.31. The molecular weight excluding hydrogens is 380 g/mol. The van der Waals surface area contributed by atoms with E-state index < -0.39 is 6.03 Å². The molecule has 0 spiro atoms. The predicted octanol–water partition coefficient (Wildman–Crippen LogP) is 4.90. The third-order valence-corrected chi connectivity index (χ3v) is 4.26. The van der Waals surface area contributed by atoms with Gasteiger partial charge >= 0.3 is 6.03 Å². The number of nitrogens with two attached hydrogens (primary N) is 1. The van der Waals surface area contributed by atoms with Crippen molar-refractivity contribution in [3.05, 3.63) is 94.5 Å². The zero-order valence-electron chi connectivity index (χ0n) is 13.2. The molecule has 3 aromatic carbocycles. The van der Waals surface area contributed by atoms with Crippen LogP contribution in [0.1, 0.15) is 15.9 Å². The van der Waals surface area contributed by atoms with Gasteiger partial charge in [-0.25, -0.2) is 4.79 Å². The fourth-order valence-electron chi connectivity index (χ4n) is 2.51. The normalized spacial score (nSPS) is 10.3. The van der Waals surface area contributed by atoms with Gasteiger partial charge in [-0.2, -0.15) is 0 Å². The van der Waals surface area contributed by atoms with Crippen LogP contribution in [0.15, 0.2) is 83.3 Å². The quantitative estimate of drug-likeness (QED) is 0.639. The molecule has 0 aliphatic heterocycles. The van der Waals surface area contributed by atoms with Crippen LogP contribution in [-0.2, 0) is 0 Å². The number of nitrogens with zero attached hydrogens (tertiary/aromatic N) is 1. The van der Waals surface area contributed by atoms with Crippen LogP contribution < -0.4 is 10.6 Å². The first-order valence-electron chi connectivity index (χ1n) is 7.61. The monoisotopic (exact) mass is 394 g/mol. The van der Waals surface area contributed by atoms with Gasteiger partial charge in [0.2, 0.25) is 0 Å². The van der Waals surface area contributed by atoms with E-state index in [1.54, 1.807) is 48.5 Å². The Morgan fingerprint density at radius 1 is 0.720 bits per heavy atom. The van der Waals surface area contributed by atoms with Crippen LogP contribution in [0.3, 0.4) is 0 Å². The van der Waals surface area contributed by atoms with E-state index in [0.29, 0.717) is 22.5 Å². The van der Waals surface area contributed by atoms with Crippen molar-refractivity contribution >= 4 is 39.1 Å². The molecule has 25 heavy (non-hydrogen) atoms. The maximum Gasteiger partial charge on any atom is 0.323 e. The number of hydrogen-bond donors (Lipinski definition) is 1. The molecule has 0 aliphatic rings. The summed E-state index contributed by atoms with van der Waals surface area (Å²) in [5.74, 6) is -0.0681. The fourth-order valence-corrected chi connectivity index (χ4v) is 2.78. The number of primary amides is 1. The smallest absolute Gasteiger partial charge is 0.323 e. The summed E-state index contributed by atoms with van der Waals surface area (Å²) in [6.07, 6.45) is 0. The van der Waals surface area contributed by atoms with Gasteiger partial charge in [0.15, 0.2) is 5.78 Å². The van der Waals surface area contributed by atoms with Gasteiger partial charge in [0.25, 0.3) is 0 Å². The molecule has 0 atom stereocenters. The highest BCUT2D eigenvalue weighted by molar-refractivity contribution is 9.10. The van der Waals surface area contributed by atoms with E-state index in [1.165, 1.54) is 4.90 Å². The highest BCUT2D eigenvalue weighted by Gasteiger charge is 2.16. The summed E-state index contributed by atoms with van der Waals surface area (Å²) in [6.45, 7) is 0. The zero-order valence-corrected chi connectivity index (χ0v) is 14.8. The van der Waals surface area contributed by atoms with Crippen molar-refractivity contribution in [1.82, 2.24) is 0 Å². The second kappa shape index (κ2) is 7.32. The number of hydrogen-bond acceptors (Lipinski definition) is 2. The van der Waals surface area contributed by atoms with Crippen LogP contribution in [-0.4, -0.2) is 11.8 Å². The molecule has 2 amide bonds. The molecule has 124 valence electrons. The van der Waals surface area contributed by atoms with Crippen LogP contribution in [0, 0.1) is 0 Å². The number of ketones is 1. The van der Waals surface area contributed by atoms with E-state index in [2.05, 4.69) is 15.9 Å². The first-order chi connectivity index (χ1) is 12.1. The summed E-state index contributed by atoms with van der Waals surface area (Å²) < 4.78 is 0.907. The Labute approximate surface area is 154 Å². The van der Waals surface area contributed by atoms with Crippen molar-refractivity contribution < 1.29 is 9.59 Å². The van der Waals surface area contributed by atoms with Gasteiger partial charge in [0.05, 0.1) is 11.4 Å². The zero-order chi connectivity index (χ0) is 17.8. The van der Waals surface area contributed by atoms with E-state index in [4.69, 9.17) is 5.73 Å². The Bertz CT molecular complexity index is 891. The van der Waals surface area contributed by atoms with Crippen molar-refractivity contribution in [1.29, 1.82) is 0 Å². The van der Waals surface area contributed by atoms with Gasteiger partial charge in [0, 0.05) is 15.6 Å². The van der Waals surface area contributed by atoms with E-state index in [0.717, 1.165) is 4.47 Å². The average molecular weight is 395 g/mol. The average Bonchev–Trinajstić information content (AvgIpc) is 2.64. The third kappa shape index (κ3) is 3.78. The first kappa shape index (κ1) is 16.9. The topological polar surface area (TPSA) is 63.4 Å². The molecule has 0 aliphatic carbocycles. The standard InChI is InChI=1S/C20H15BrN2O2/c21-16-8-12-18(13-9-16)23(20(22)25)17-10-6-15(7-11-17)19(24)14-4-2-1-3-5-14/h1-13H,(H2,22,25). The minimum Gasteiger partial charge on any atom is -0.351 e. The third-order valence-electron chi connectivity index (χ3n) is 3.73. The highest BCUT2D eigenvalue weighted by Crippen LogP contribution is 2.27. The van der Waals surface area contributed by atoms with Gasteiger partial charge < -0.3 is 5.73 Å². The molecule has 0 radical (unpaired) electrons. The van der Waals surface area contributed by atoms with Crippen molar-refractivity contribution in [2.75, 3.05) is 4.90 Å². The van der Waals surface area contributed by atoms with E-state index in [9.17, 15) is 9.59 Å². The summed E-state index contributed by atoms with van der Waals surface area (Å²) >= 11 is 3.36. The molecule has 0 bridgehead atoms. The largest absolute Gasteiger partial charge is 0.351 e. The SMILES string of the molecule is NC(=O)N(c1ccc(Br)cc1)c1ccc(C(=O)c2ccccc2)cc1. The molecule has 3 aromatic rings. The Morgan fingerprint density at radius 2 is 1.20 bits per heavy atom. The summed E-state index contributed by atoms with van der Waals surface area (Å²) in [6, 6.07) is 22.5. The Balaban J connectivity index is 1.91. The van der Waals surface area contributed by atoms with E-state index in [-0.39, 0.29) is 5.78 Å². The Hall–Kier alpha value is -2.92. The predicted molar refractivity (Wildman–Crippen MR) is 102 cm³/mol. The molecule has 3 rings (SSSR count). The molecular formula is C20H15BrN2O2. The van der Waals surface area contributed by atoms with Crippen molar-refractivity contribution in [2.24, 2.45) is 5.73 Å². The maximum atomic E-state index is 12.5. The first-order valence-corrected chi connectivity index (χ1v) is 8.40. The van der Waals surface area contributed by atoms with Crippen molar-refractivity contribution in [3.63, 3.8) is 0 Å². The second-order valence-electron chi connectivity index (χ2n) is 5.39. The van der Waals surface area contributed by atoms with E-state index in [1.807, 2.05) is 30.3 Å². The summed E-state index contributed by atoms with van der Waals surface area (Å²) in [5.41, 5.74) is 7.95. The lowest BCUT2D eigenvalue weighted by Gasteiger charge is -2.21. The van der Waals surface area contributed by atoms with Gasteiger partial charge in [0.1, 0.15) is 0 Å². The number of rotatable bonds is 4. The molecule has 2 N–H and O–H groups in total. The minimum absolute atomic E-state index is 0.0681. The lowest BCUT2D eigenvalue weighted by Crippen LogP contribution is -2.31.